The van der Waals surface area contributed by atoms with E-state index in [-0.39, 0.29) is 5.56 Å². The molecule has 0 spiro atoms. The van der Waals surface area contributed by atoms with Gasteiger partial charge in [-0.3, -0.25) is 10.1 Å². The Bertz CT molecular complexity index is 745. The van der Waals surface area contributed by atoms with Crippen LogP contribution in [0.25, 0.3) is 11.1 Å². The first-order chi connectivity index (χ1) is 10.4. The zero-order chi connectivity index (χ0) is 16.3. The van der Waals surface area contributed by atoms with Crippen molar-refractivity contribution >= 4 is 23.3 Å². The number of nitrogens with zero attached hydrogens (tertiary/aromatic N) is 1. The molecule has 0 fully saturated rings. The summed E-state index contributed by atoms with van der Waals surface area (Å²) < 4.78 is 5.32. The molecule has 0 aliphatic carbocycles. The van der Waals surface area contributed by atoms with Crippen molar-refractivity contribution in [1.82, 2.24) is 0 Å². The average molecular weight is 322 g/mol. The summed E-state index contributed by atoms with van der Waals surface area (Å²) in [6.45, 7) is 2.34. The van der Waals surface area contributed by atoms with Crippen LogP contribution in [0.5, 0.6) is 5.75 Å². The number of nitro groups is 1. The van der Waals surface area contributed by atoms with Crippen LogP contribution in [0.2, 0.25) is 5.02 Å². The van der Waals surface area contributed by atoms with Gasteiger partial charge in [0.25, 0.3) is 5.69 Å². The third-order valence-electron chi connectivity index (χ3n) is 2.99. The predicted molar refractivity (Wildman–Crippen MR) is 81.7 cm³/mol. The lowest BCUT2D eigenvalue weighted by molar-refractivity contribution is -0.385. The monoisotopic (exact) mass is 321 g/mol. The van der Waals surface area contributed by atoms with Gasteiger partial charge >= 0.3 is 5.97 Å². The molecule has 7 heteroatoms. The summed E-state index contributed by atoms with van der Waals surface area (Å²) >= 11 is 6.17. The van der Waals surface area contributed by atoms with Crippen LogP contribution in [0.1, 0.15) is 17.3 Å². The molecule has 6 nitrogen and oxygen atoms in total. The summed E-state index contributed by atoms with van der Waals surface area (Å²) in [4.78, 5) is 21.3. The largest absolute Gasteiger partial charge is 0.494 e. The van der Waals surface area contributed by atoms with Crippen molar-refractivity contribution < 1.29 is 19.6 Å². The number of halogens is 1. The van der Waals surface area contributed by atoms with Crippen molar-refractivity contribution in [2.24, 2.45) is 0 Å². The lowest BCUT2D eigenvalue weighted by Crippen LogP contribution is -2.02. The number of rotatable bonds is 5. The fourth-order valence-electron chi connectivity index (χ4n) is 2.02. The van der Waals surface area contributed by atoms with Gasteiger partial charge in [0, 0.05) is 11.6 Å². The summed E-state index contributed by atoms with van der Waals surface area (Å²) in [5.74, 6) is -0.760. The molecule has 0 aliphatic heterocycles. The fraction of sp³-hybridized carbons (Fsp3) is 0.133. The molecule has 0 aliphatic rings. The van der Waals surface area contributed by atoms with E-state index < -0.39 is 16.6 Å². The molecule has 0 aromatic heterocycles. The fourth-order valence-corrected chi connectivity index (χ4v) is 2.30. The van der Waals surface area contributed by atoms with Gasteiger partial charge in [-0.05, 0) is 36.8 Å². The van der Waals surface area contributed by atoms with Gasteiger partial charge in [-0.2, -0.15) is 0 Å². The maximum atomic E-state index is 11.0. The number of hydrogen-bond donors (Lipinski definition) is 1. The summed E-state index contributed by atoms with van der Waals surface area (Å²) in [6.07, 6.45) is 0. The first-order valence-corrected chi connectivity index (χ1v) is 6.76. The highest BCUT2D eigenvalue weighted by molar-refractivity contribution is 6.33. The van der Waals surface area contributed by atoms with Crippen molar-refractivity contribution in [3.63, 3.8) is 0 Å². The molecule has 0 amide bonds. The molecule has 22 heavy (non-hydrogen) atoms. The van der Waals surface area contributed by atoms with Crippen LogP contribution in [0.4, 0.5) is 5.69 Å². The Morgan fingerprint density at radius 1 is 1.32 bits per heavy atom. The molecule has 114 valence electrons. The Morgan fingerprint density at radius 2 is 2.05 bits per heavy atom. The molecule has 1 N–H and O–H groups in total. The summed E-state index contributed by atoms with van der Waals surface area (Å²) in [5, 5.41) is 20.4. The van der Waals surface area contributed by atoms with E-state index in [0.29, 0.717) is 28.5 Å². The second kappa shape index (κ2) is 6.44. The molecular formula is C15H12ClNO5. The molecule has 2 aromatic rings. The molecule has 0 radical (unpaired) electrons. The Morgan fingerprint density at radius 3 is 2.59 bits per heavy atom. The second-order valence-electron chi connectivity index (χ2n) is 4.37. The first kappa shape index (κ1) is 15.8. The van der Waals surface area contributed by atoms with E-state index in [1.807, 2.05) is 6.92 Å². The highest BCUT2D eigenvalue weighted by Crippen LogP contribution is 2.34. The van der Waals surface area contributed by atoms with Crippen molar-refractivity contribution in [2.45, 2.75) is 6.92 Å². The van der Waals surface area contributed by atoms with Crippen LogP contribution >= 0.6 is 11.6 Å². The maximum Gasteiger partial charge on any atom is 0.342 e. The lowest BCUT2D eigenvalue weighted by Gasteiger charge is -2.08. The van der Waals surface area contributed by atoms with E-state index in [2.05, 4.69) is 0 Å². The zero-order valence-electron chi connectivity index (χ0n) is 11.6. The lowest BCUT2D eigenvalue weighted by atomic mass is 10.0. The number of carbonyl (C=O) groups is 1. The molecule has 0 saturated carbocycles. The second-order valence-corrected chi connectivity index (χ2v) is 4.78. The Hall–Kier alpha value is -2.60. The van der Waals surface area contributed by atoms with Gasteiger partial charge in [0.2, 0.25) is 0 Å². The summed E-state index contributed by atoms with van der Waals surface area (Å²) in [5.41, 5.74) is 0.181. The van der Waals surface area contributed by atoms with Crippen molar-refractivity contribution in [3.05, 3.63) is 57.1 Å². The minimum absolute atomic E-state index is 0.364. The number of ether oxygens (including phenoxy) is 1. The van der Waals surface area contributed by atoms with Gasteiger partial charge in [-0.1, -0.05) is 17.7 Å². The van der Waals surface area contributed by atoms with Gasteiger partial charge in [-0.15, -0.1) is 0 Å². The van der Waals surface area contributed by atoms with Gasteiger partial charge in [-0.25, -0.2) is 4.79 Å². The van der Waals surface area contributed by atoms with Crippen LogP contribution < -0.4 is 4.74 Å². The highest BCUT2D eigenvalue weighted by atomic mass is 35.5. The molecular weight excluding hydrogens is 310 g/mol. The highest BCUT2D eigenvalue weighted by Gasteiger charge is 2.21. The van der Waals surface area contributed by atoms with Crippen LogP contribution in [0.3, 0.4) is 0 Å². The van der Waals surface area contributed by atoms with Crippen molar-refractivity contribution in [1.29, 1.82) is 0 Å². The SMILES string of the molecule is CCOc1ccc(-c2ccc(C(=O)O)c([N+](=O)[O-])c2)c(Cl)c1. The average Bonchev–Trinajstić information content (AvgIpc) is 2.47. The molecule has 2 rings (SSSR count). The number of hydrogen-bond acceptors (Lipinski definition) is 4. The quantitative estimate of drug-likeness (QED) is 0.663. The van der Waals surface area contributed by atoms with Gasteiger partial charge in [0.1, 0.15) is 11.3 Å². The zero-order valence-corrected chi connectivity index (χ0v) is 12.3. The number of carboxylic acid groups (broad SMARTS) is 1. The Labute approximate surface area is 131 Å². The number of nitro benzene ring substituents is 1. The summed E-state index contributed by atoms with van der Waals surface area (Å²) in [6, 6.07) is 8.86. The molecule has 0 bridgehead atoms. The molecule has 2 aromatic carbocycles. The Kier molecular flexibility index (Phi) is 4.62. The van der Waals surface area contributed by atoms with Crippen molar-refractivity contribution in [2.75, 3.05) is 6.61 Å². The van der Waals surface area contributed by atoms with Crippen LogP contribution in [0.15, 0.2) is 36.4 Å². The number of carboxylic acids is 1. The van der Waals surface area contributed by atoms with Crippen molar-refractivity contribution in [3.8, 4) is 16.9 Å². The van der Waals surface area contributed by atoms with Crippen LogP contribution in [-0.2, 0) is 0 Å². The molecule has 0 saturated heterocycles. The van der Waals surface area contributed by atoms with E-state index in [1.165, 1.54) is 18.2 Å². The van der Waals surface area contributed by atoms with Crippen LogP contribution in [-0.4, -0.2) is 22.6 Å². The minimum Gasteiger partial charge on any atom is -0.494 e. The van der Waals surface area contributed by atoms with Gasteiger partial charge in [0.15, 0.2) is 0 Å². The Balaban J connectivity index is 2.51. The first-order valence-electron chi connectivity index (χ1n) is 6.38. The van der Waals surface area contributed by atoms with E-state index in [0.717, 1.165) is 0 Å². The van der Waals surface area contributed by atoms with Crippen LogP contribution in [0, 0.1) is 10.1 Å². The predicted octanol–water partition coefficient (Wildman–Crippen LogP) is 4.01. The maximum absolute atomic E-state index is 11.0. The number of aromatic carboxylic acids is 1. The van der Waals surface area contributed by atoms with E-state index in [9.17, 15) is 14.9 Å². The van der Waals surface area contributed by atoms with E-state index in [4.69, 9.17) is 21.4 Å². The van der Waals surface area contributed by atoms with Gasteiger partial charge < -0.3 is 9.84 Å². The minimum atomic E-state index is -1.35. The topological polar surface area (TPSA) is 89.7 Å². The summed E-state index contributed by atoms with van der Waals surface area (Å²) in [7, 11) is 0. The number of benzene rings is 2. The molecule has 0 atom stereocenters. The normalized spacial score (nSPS) is 10.3. The molecule has 0 heterocycles. The third kappa shape index (κ3) is 3.17. The third-order valence-corrected chi connectivity index (χ3v) is 3.30. The van der Waals surface area contributed by atoms with E-state index in [1.54, 1.807) is 18.2 Å². The van der Waals surface area contributed by atoms with Gasteiger partial charge in [0.05, 0.1) is 16.6 Å². The smallest absolute Gasteiger partial charge is 0.342 e. The standard InChI is InChI=1S/C15H12ClNO5/c1-2-22-10-4-6-11(13(16)8-10)9-3-5-12(15(18)19)14(7-9)17(20)21/h3-8H,2H2,1H3,(H,18,19). The van der Waals surface area contributed by atoms with E-state index >= 15 is 0 Å². The molecule has 0 unspecified atom stereocenters.